The van der Waals surface area contributed by atoms with Crippen molar-refractivity contribution in [2.75, 3.05) is 13.3 Å². The van der Waals surface area contributed by atoms with Crippen molar-refractivity contribution in [1.29, 1.82) is 0 Å². The van der Waals surface area contributed by atoms with Crippen LogP contribution < -0.4 is 0 Å². The maximum atomic E-state index is 5.52. The van der Waals surface area contributed by atoms with Crippen molar-refractivity contribution in [2.45, 2.75) is 45.1 Å². The quantitative estimate of drug-likeness (QED) is 0.546. The van der Waals surface area contributed by atoms with E-state index in [0.717, 1.165) is 13.0 Å². The van der Waals surface area contributed by atoms with E-state index in [1.54, 1.807) is 0 Å². The number of rotatable bonds is 0. The lowest BCUT2D eigenvalue weighted by molar-refractivity contribution is -0.0527. The third-order valence-electron chi connectivity index (χ3n) is 2.66. The minimum Gasteiger partial charge on any atom is -0.348 e. The number of ether oxygens (including phenoxy) is 2. The van der Waals surface area contributed by atoms with Crippen molar-refractivity contribution in [1.82, 2.24) is 4.90 Å². The van der Waals surface area contributed by atoms with E-state index in [4.69, 9.17) is 9.47 Å². The van der Waals surface area contributed by atoms with E-state index >= 15 is 0 Å². The Hall–Kier alpha value is -0.120. The Morgan fingerprint density at radius 2 is 2.00 bits per heavy atom. The average molecular weight is 171 g/mol. The summed E-state index contributed by atoms with van der Waals surface area (Å²) >= 11 is 0. The van der Waals surface area contributed by atoms with Crippen LogP contribution in [0.15, 0.2) is 0 Å². The largest absolute Gasteiger partial charge is 0.348 e. The number of nitrogens with zero attached hydrogens (tertiary/aromatic N) is 1. The molecule has 0 aromatic carbocycles. The molecule has 2 heterocycles. The van der Waals surface area contributed by atoms with E-state index in [-0.39, 0.29) is 11.8 Å². The average Bonchev–Trinajstić information content (AvgIpc) is 2.37. The van der Waals surface area contributed by atoms with Gasteiger partial charge < -0.3 is 9.47 Å². The highest BCUT2D eigenvalue weighted by molar-refractivity contribution is 4.90. The summed E-state index contributed by atoms with van der Waals surface area (Å²) in [6, 6.07) is 0. The molecule has 3 nitrogen and oxygen atoms in total. The lowest BCUT2D eigenvalue weighted by Gasteiger charge is -2.35. The number of hydrogen-bond donors (Lipinski definition) is 0. The van der Waals surface area contributed by atoms with Crippen LogP contribution in [0, 0.1) is 0 Å². The van der Waals surface area contributed by atoms with Crippen LogP contribution in [0.4, 0.5) is 0 Å². The fourth-order valence-corrected chi connectivity index (χ4v) is 2.01. The van der Waals surface area contributed by atoms with Crippen LogP contribution in [-0.4, -0.2) is 36.1 Å². The van der Waals surface area contributed by atoms with E-state index in [1.165, 1.54) is 0 Å². The molecule has 2 aliphatic heterocycles. The van der Waals surface area contributed by atoms with Crippen LogP contribution in [-0.2, 0) is 9.47 Å². The summed E-state index contributed by atoms with van der Waals surface area (Å²) in [5, 5.41) is 0. The van der Waals surface area contributed by atoms with Gasteiger partial charge in [-0.1, -0.05) is 0 Å². The van der Waals surface area contributed by atoms with Gasteiger partial charge in [0.25, 0.3) is 0 Å². The maximum Gasteiger partial charge on any atom is 0.149 e. The molecule has 2 fully saturated rings. The smallest absolute Gasteiger partial charge is 0.149 e. The Labute approximate surface area is 73.6 Å². The van der Waals surface area contributed by atoms with Crippen molar-refractivity contribution >= 4 is 0 Å². The Bertz CT molecular complexity index is 176. The summed E-state index contributed by atoms with van der Waals surface area (Å²) in [5.74, 6) is 0. The zero-order valence-electron chi connectivity index (χ0n) is 8.04. The van der Waals surface area contributed by atoms with Crippen LogP contribution in [0.3, 0.4) is 0 Å². The molecule has 0 bridgehead atoms. The molecule has 0 aromatic heterocycles. The maximum absolute atomic E-state index is 5.52. The van der Waals surface area contributed by atoms with Crippen molar-refractivity contribution in [2.24, 2.45) is 0 Å². The normalized spacial score (nSPS) is 37.2. The van der Waals surface area contributed by atoms with Gasteiger partial charge in [-0.2, -0.15) is 0 Å². The molecule has 0 spiro atoms. The molecule has 0 radical (unpaired) electrons. The molecule has 0 N–H and O–H groups in total. The topological polar surface area (TPSA) is 21.7 Å². The highest BCUT2D eigenvalue weighted by Gasteiger charge is 2.44. The number of hydrogen-bond acceptors (Lipinski definition) is 3. The molecule has 2 unspecified atom stereocenters. The minimum atomic E-state index is 0.202. The van der Waals surface area contributed by atoms with Crippen LogP contribution in [0.1, 0.15) is 27.2 Å². The van der Waals surface area contributed by atoms with Gasteiger partial charge in [0.1, 0.15) is 19.1 Å². The van der Waals surface area contributed by atoms with Crippen LogP contribution in [0.2, 0.25) is 0 Å². The van der Waals surface area contributed by atoms with Crippen LogP contribution in [0.5, 0.6) is 0 Å². The Morgan fingerprint density at radius 1 is 1.25 bits per heavy atom. The number of likely N-dealkylation sites (tertiary alicyclic amines) is 1. The molecule has 70 valence electrons. The highest BCUT2D eigenvalue weighted by atomic mass is 16.7. The molecule has 0 amide bonds. The Balaban J connectivity index is 2.09. The van der Waals surface area contributed by atoms with Gasteiger partial charge in [0.15, 0.2) is 0 Å². The lowest BCUT2D eigenvalue weighted by atomic mass is 10.1. The second kappa shape index (κ2) is 2.69. The summed E-state index contributed by atoms with van der Waals surface area (Å²) in [5.41, 5.74) is 0.202. The minimum absolute atomic E-state index is 0.202. The first-order valence-electron chi connectivity index (χ1n) is 4.59. The third kappa shape index (κ3) is 1.26. The van der Waals surface area contributed by atoms with Crippen molar-refractivity contribution in [3.05, 3.63) is 0 Å². The Morgan fingerprint density at radius 3 is 2.67 bits per heavy atom. The molecule has 2 saturated heterocycles. The van der Waals surface area contributed by atoms with Crippen LogP contribution in [0.25, 0.3) is 0 Å². The van der Waals surface area contributed by atoms with E-state index in [9.17, 15) is 0 Å². The third-order valence-corrected chi connectivity index (χ3v) is 2.66. The molecular formula is C9H17NO2. The van der Waals surface area contributed by atoms with Crippen LogP contribution >= 0.6 is 0 Å². The van der Waals surface area contributed by atoms with Gasteiger partial charge in [-0.05, 0) is 27.2 Å². The summed E-state index contributed by atoms with van der Waals surface area (Å²) in [6.07, 6.45) is 1.65. The van der Waals surface area contributed by atoms with E-state index in [2.05, 4.69) is 25.7 Å². The standard InChI is InChI=1S/C9H17NO2/c1-9(2,3)10-5-4-7-8(10)12-6-11-7/h7-8H,4-6H2,1-3H3. The van der Waals surface area contributed by atoms with Gasteiger partial charge in [-0.25, -0.2) is 0 Å². The summed E-state index contributed by atoms with van der Waals surface area (Å²) < 4.78 is 11.0. The monoisotopic (exact) mass is 171 g/mol. The first-order chi connectivity index (χ1) is 5.59. The van der Waals surface area contributed by atoms with Gasteiger partial charge in [0.05, 0.1) is 0 Å². The molecule has 3 heteroatoms. The first kappa shape index (κ1) is 8.48. The molecular weight excluding hydrogens is 154 g/mol. The van der Waals surface area contributed by atoms with E-state index < -0.39 is 0 Å². The van der Waals surface area contributed by atoms with Gasteiger partial charge in [0.2, 0.25) is 0 Å². The van der Waals surface area contributed by atoms with Gasteiger partial charge in [-0.15, -0.1) is 0 Å². The second-order valence-electron chi connectivity index (χ2n) is 4.53. The van der Waals surface area contributed by atoms with Gasteiger partial charge in [-0.3, -0.25) is 4.90 Å². The van der Waals surface area contributed by atoms with Crippen molar-refractivity contribution in [3.8, 4) is 0 Å². The molecule has 0 saturated carbocycles. The van der Waals surface area contributed by atoms with E-state index in [1.807, 2.05) is 0 Å². The Kier molecular flexibility index (Phi) is 1.90. The van der Waals surface area contributed by atoms with E-state index in [0.29, 0.717) is 12.9 Å². The molecule has 2 rings (SSSR count). The lowest BCUT2D eigenvalue weighted by Crippen LogP contribution is -2.46. The van der Waals surface area contributed by atoms with Gasteiger partial charge in [0, 0.05) is 12.1 Å². The summed E-state index contributed by atoms with van der Waals surface area (Å²) in [7, 11) is 0. The molecule has 12 heavy (non-hydrogen) atoms. The first-order valence-corrected chi connectivity index (χ1v) is 4.59. The highest BCUT2D eigenvalue weighted by Crippen LogP contribution is 2.32. The van der Waals surface area contributed by atoms with Crippen molar-refractivity contribution in [3.63, 3.8) is 0 Å². The predicted molar refractivity (Wildman–Crippen MR) is 45.7 cm³/mol. The fourth-order valence-electron chi connectivity index (χ4n) is 2.01. The molecule has 2 aliphatic rings. The molecule has 0 aliphatic carbocycles. The van der Waals surface area contributed by atoms with Gasteiger partial charge >= 0.3 is 0 Å². The van der Waals surface area contributed by atoms with Crippen molar-refractivity contribution < 1.29 is 9.47 Å². The zero-order chi connectivity index (χ0) is 8.77. The fraction of sp³-hybridized carbons (Fsp3) is 1.00. The zero-order valence-corrected chi connectivity index (χ0v) is 8.04. The number of fused-ring (bicyclic) bond motifs is 1. The second-order valence-corrected chi connectivity index (χ2v) is 4.53. The SMILES string of the molecule is CC(C)(C)N1CCC2OCOC21. The predicted octanol–water partition coefficient (Wildman–Crippen LogP) is 1.19. The molecule has 2 atom stereocenters. The summed E-state index contributed by atoms with van der Waals surface area (Å²) in [6.45, 7) is 8.23. The molecule has 0 aromatic rings. The summed E-state index contributed by atoms with van der Waals surface area (Å²) in [4.78, 5) is 2.38.